The highest BCUT2D eigenvalue weighted by atomic mass is 35.5. The Hall–Kier alpha value is -1.04. The first-order valence-corrected chi connectivity index (χ1v) is 5.99. The lowest BCUT2D eigenvalue weighted by Crippen LogP contribution is -2.26. The van der Waals surface area contributed by atoms with Gasteiger partial charge in [0, 0.05) is 19.1 Å². The first kappa shape index (κ1) is 15.0. The van der Waals surface area contributed by atoms with Gasteiger partial charge in [0.05, 0.1) is 12.1 Å². The van der Waals surface area contributed by atoms with Crippen LogP contribution in [0.15, 0.2) is 12.1 Å². The normalized spacial score (nSPS) is 9.83. The number of carbonyl (C=O) groups is 1. The van der Waals surface area contributed by atoms with Gasteiger partial charge in [-0.15, -0.1) is 0 Å². The molecule has 0 saturated heterocycles. The second kappa shape index (κ2) is 6.22. The molecule has 0 heterocycles. The maximum absolute atomic E-state index is 11.6. The van der Waals surface area contributed by atoms with Crippen LogP contribution in [0, 0.1) is 0 Å². The zero-order valence-corrected chi connectivity index (χ0v) is 12.3. The van der Waals surface area contributed by atoms with Gasteiger partial charge in [0.15, 0.2) is 5.75 Å². The van der Waals surface area contributed by atoms with Crippen molar-refractivity contribution in [1.82, 2.24) is 4.90 Å². The number of rotatable bonds is 2. The summed E-state index contributed by atoms with van der Waals surface area (Å²) in [5.41, 5.74) is 0.124. The van der Waals surface area contributed by atoms with Gasteiger partial charge in [0.2, 0.25) is 0 Å². The van der Waals surface area contributed by atoms with Crippen molar-refractivity contribution in [2.24, 2.45) is 0 Å². The van der Waals surface area contributed by atoms with Crippen LogP contribution in [0.3, 0.4) is 0 Å². The Morgan fingerprint density at radius 1 is 1.33 bits per heavy atom. The molecule has 0 unspecified atom stereocenters. The maximum Gasteiger partial charge on any atom is 0.341 e. The first-order valence-electron chi connectivity index (χ1n) is 4.83. The summed E-state index contributed by atoms with van der Waals surface area (Å²) < 4.78 is 10.0. The van der Waals surface area contributed by atoms with Crippen LogP contribution in [0.2, 0.25) is 10.0 Å². The lowest BCUT2D eigenvalue weighted by atomic mass is 10.2. The molecule has 0 aliphatic heterocycles. The minimum atomic E-state index is -0.601. The largest absolute Gasteiger partial charge is 0.465 e. The molecule has 1 rings (SSSR count). The smallest absolute Gasteiger partial charge is 0.341 e. The molecule has 0 aromatic heterocycles. The van der Waals surface area contributed by atoms with E-state index in [-0.39, 0.29) is 21.5 Å². The van der Waals surface area contributed by atoms with Crippen LogP contribution < -0.4 is 4.74 Å². The van der Waals surface area contributed by atoms with Crippen molar-refractivity contribution in [2.45, 2.75) is 0 Å². The highest BCUT2D eigenvalue weighted by Gasteiger charge is 2.19. The lowest BCUT2D eigenvalue weighted by Gasteiger charge is -2.17. The Balaban J connectivity index is 3.24. The number of nitrogens with zero attached hydrogens (tertiary/aromatic N) is 1. The third kappa shape index (κ3) is 3.48. The molecule has 0 fully saturated rings. The van der Waals surface area contributed by atoms with Gasteiger partial charge in [-0.3, -0.25) is 0 Å². The van der Waals surface area contributed by atoms with E-state index in [9.17, 15) is 4.79 Å². The van der Waals surface area contributed by atoms with E-state index >= 15 is 0 Å². The van der Waals surface area contributed by atoms with Crippen molar-refractivity contribution < 1.29 is 14.3 Å². The molecule has 0 atom stereocenters. The van der Waals surface area contributed by atoms with E-state index in [1.807, 2.05) is 0 Å². The molecule has 0 saturated carbocycles. The third-order valence-corrected chi connectivity index (χ3v) is 2.92. The molecule has 18 heavy (non-hydrogen) atoms. The van der Waals surface area contributed by atoms with E-state index < -0.39 is 5.97 Å². The molecule has 1 aromatic carbocycles. The molecule has 1 aromatic rings. The predicted octanol–water partition coefficient (Wildman–Crippen LogP) is 3.01. The fourth-order valence-electron chi connectivity index (χ4n) is 1.10. The molecular weight excluding hydrogens is 297 g/mol. The molecular formula is C11H11Cl2NO3S. The molecule has 0 aliphatic rings. The van der Waals surface area contributed by atoms with E-state index in [2.05, 4.69) is 4.74 Å². The number of carbonyl (C=O) groups excluding carboxylic acids is 1. The Kier molecular flexibility index (Phi) is 5.19. The fourth-order valence-corrected chi connectivity index (χ4v) is 1.72. The van der Waals surface area contributed by atoms with Crippen molar-refractivity contribution in [3.8, 4) is 5.75 Å². The zero-order chi connectivity index (χ0) is 13.9. The van der Waals surface area contributed by atoms with Crippen LogP contribution >= 0.6 is 35.4 Å². The quantitative estimate of drug-likeness (QED) is 0.620. The third-order valence-electron chi connectivity index (χ3n) is 1.97. The average Bonchev–Trinajstić information content (AvgIpc) is 2.30. The molecule has 7 heteroatoms. The Morgan fingerprint density at radius 3 is 2.44 bits per heavy atom. The van der Waals surface area contributed by atoms with Crippen molar-refractivity contribution in [2.75, 3.05) is 21.2 Å². The van der Waals surface area contributed by atoms with Crippen LogP contribution in [0.25, 0.3) is 0 Å². The van der Waals surface area contributed by atoms with Crippen LogP contribution in [0.1, 0.15) is 10.4 Å². The first-order chi connectivity index (χ1) is 8.36. The summed E-state index contributed by atoms with van der Waals surface area (Å²) in [7, 11) is 4.68. The van der Waals surface area contributed by atoms with Crippen LogP contribution in [0.5, 0.6) is 5.75 Å². The highest BCUT2D eigenvalue weighted by molar-refractivity contribution is 7.80. The standard InChI is InChI=1S/C11H11Cl2NO3S/c1-14(2)11(18)17-9-7(10(15)16-3)4-6(12)5-8(9)13/h4-5H,1-3H3. The van der Waals surface area contributed by atoms with Crippen molar-refractivity contribution in [3.63, 3.8) is 0 Å². The molecule has 0 radical (unpaired) electrons. The van der Waals surface area contributed by atoms with E-state index in [1.54, 1.807) is 19.0 Å². The maximum atomic E-state index is 11.6. The molecule has 0 bridgehead atoms. The molecule has 0 spiro atoms. The Bertz CT molecular complexity index is 491. The van der Waals surface area contributed by atoms with Crippen LogP contribution in [0.4, 0.5) is 0 Å². The van der Waals surface area contributed by atoms with Gasteiger partial charge < -0.3 is 14.4 Å². The minimum Gasteiger partial charge on any atom is -0.465 e. The fraction of sp³-hybridized carbons (Fsp3) is 0.273. The van der Waals surface area contributed by atoms with Gasteiger partial charge in [-0.1, -0.05) is 23.2 Å². The second-order valence-electron chi connectivity index (χ2n) is 3.52. The SMILES string of the molecule is COC(=O)c1cc(Cl)cc(Cl)c1OC(=S)N(C)C. The van der Waals surface area contributed by atoms with Gasteiger partial charge >= 0.3 is 5.97 Å². The van der Waals surface area contributed by atoms with Crippen molar-refractivity contribution in [3.05, 3.63) is 27.7 Å². The minimum absolute atomic E-state index is 0.124. The summed E-state index contributed by atoms with van der Waals surface area (Å²) in [6.07, 6.45) is 0. The number of esters is 1. The van der Waals surface area contributed by atoms with E-state index in [1.165, 1.54) is 19.2 Å². The van der Waals surface area contributed by atoms with Gasteiger partial charge in [-0.05, 0) is 24.4 Å². The highest BCUT2D eigenvalue weighted by Crippen LogP contribution is 2.33. The summed E-state index contributed by atoms with van der Waals surface area (Å²) in [4.78, 5) is 13.2. The number of hydrogen-bond donors (Lipinski definition) is 0. The molecule has 0 N–H and O–H groups in total. The Morgan fingerprint density at radius 2 is 1.94 bits per heavy atom. The topological polar surface area (TPSA) is 38.8 Å². The van der Waals surface area contributed by atoms with Crippen molar-refractivity contribution >= 4 is 46.6 Å². The average molecular weight is 308 g/mol. The molecule has 0 amide bonds. The number of benzene rings is 1. The number of halogens is 2. The summed E-state index contributed by atoms with van der Waals surface area (Å²) in [6, 6.07) is 2.87. The van der Waals surface area contributed by atoms with E-state index in [0.717, 1.165) is 0 Å². The van der Waals surface area contributed by atoms with Crippen LogP contribution in [-0.2, 0) is 4.74 Å². The van der Waals surface area contributed by atoms with Gasteiger partial charge in [0.25, 0.3) is 5.17 Å². The van der Waals surface area contributed by atoms with E-state index in [4.69, 9.17) is 40.2 Å². The summed E-state index contributed by atoms with van der Waals surface area (Å²) in [6.45, 7) is 0. The molecule has 4 nitrogen and oxygen atoms in total. The molecule has 0 aliphatic carbocycles. The summed E-state index contributed by atoms with van der Waals surface area (Å²) >= 11 is 16.8. The monoisotopic (exact) mass is 307 g/mol. The number of thiocarbonyl (C=S) groups is 1. The van der Waals surface area contributed by atoms with Gasteiger partial charge in [-0.25, -0.2) is 4.79 Å². The van der Waals surface area contributed by atoms with Gasteiger partial charge in [0.1, 0.15) is 5.56 Å². The van der Waals surface area contributed by atoms with Gasteiger partial charge in [-0.2, -0.15) is 0 Å². The van der Waals surface area contributed by atoms with Crippen molar-refractivity contribution in [1.29, 1.82) is 0 Å². The lowest BCUT2D eigenvalue weighted by molar-refractivity contribution is 0.0598. The zero-order valence-electron chi connectivity index (χ0n) is 9.99. The predicted molar refractivity (Wildman–Crippen MR) is 74.7 cm³/mol. The number of hydrogen-bond acceptors (Lipinski definition) is 4. The van der Waals surface area contributed by atoms with Crippen LogP contribution in [-0.4, -0.2) is 37.2 Å². The number of ether oxygens (including phenoxy) is 2. The summed E-state index contributed by atoms with van der Waals surface area (Å²) in [5.74, 6) is -0.470. The summed E-state index contributed by atoms with van der Waals surface area (Å²) in [5, 5.41) is 0.667. The van der Waals surface area contributed by atoms with E-state index in [0.29, 0.717) is 5.02 Å². The molecule has 98 valence electrons. The second-order valence-corrected chi connectivity index (χ2v) is 4.71. The Labute approximate surface area is 120 Å². The number of methoxy groups -OCH3 is 1.